The number of amides is 3. The van der Waals surface area contributed by atoms with Crippen LogP contribution in [-0.2, 0) is 24.0 Å². The molecule has 29 heavy (non-hydrogen) atoms. The first kappa shape index (κ1) is 22.6. The third-order valence-electron chi connectivity index (χ3n) is 5.31. The Labute approximate surface area is 168 Å². The van der Waals surface area contributed by atoms with Crippen LogP contribution in [0.15, 0.2) is 0 Å². The van der Waals surface area contributed by atoms with Gasteiger partial charge in [-0.25, -0.2) is 4.79 Å². The van der Waals surface area contributed by atoms with Gasteiger partial charge in [-0.1, -0.05) is 0 Å². The van der Waals surface area contributed by atoms with Crippen LogP contribution in [0.25, 0.3) is 0 Å². The van der Waals surface area contributed by atoms with E-state index in [1.165, 1.54) is 16.7 Å². The Morgan fingerprint density at radius 2 is 1.55 bits per heavy atom. The molecule has 3 amide bonds. The third kappa shape index (κ3) is 5.43. The lowest BCUT2D eigenvalue weighted by atomic mass is 10.1. The predicted octanol–water partition coefficient (Wildman–Crippen LogP) is -1.25. The van der Waals surface area contributed by atoms with Crippen molar-refractivity contribution < 1.29 is 34.2 Å². The molecule has 162 valence electrons. The number of likely N-dealkylation sites (tertiary alicyclic amines) is 2. The molecule has 0 radical (unpaired) electrons. The topological polar surface area (TPSA) is 170 Å². The van der Waals surface area contributed by atoms with E-state index < -0.39 is 47.9 Å². The Morgan fingerprint density at radius 1 is 1.00 bits per heavy atom. The van der Waals surface area contributed by atoms with E-state index in [0.717, 1.165) is 0 Å². The number of hydrogen-bond acceptors (Lipinski definition) is 6. The molecular weight excluding hydrogens is 384 g/mol. The van der Waals surface area contributed by atoms with Crippen molar-refractivity contribution in [3.63, 3.8) is 0 Å². The molecule has 0 aliphatic carbocycles. The van der Waals surface area contributed by atoms with Crippen molar-refractivity contribution in [1.82, 2.24) is 15.1 Å². The highest BCUT2D eigenvalue weighted by molar-refractivity contribution is 5.94. The number of carbonyl (C=O) groups excluding carboxylic acids is 3. The lowest BCUT2D eigenvalue weighted by Crippen LogP contribution is -2.56. The number of hydrogen-bond donors (Lipinski definition) is 4. The minimum absolute atomic E-state index is 0.170. The zero-order valence-electron chi connectivity index (χ0n) is 16.4. The molecule has 11 heteroatoms. The monoisotopic (exact) mass is 412 g/mol. The van der Waals surface area contributed by atoms with Crippen molar-refractivity contribution in [2.45, 2.75) is 69.6 Å². The number of nitrogens with two attached hydrogens (primary N) is 1. The van der Waals surface area contributed by atoms with Gasteiger partial charge in [0, 0.05) is 19.5 Å². The number of nitrogens with zero attached hydrogens (tertiary/aromatic N) is 2. The van der Waals surface area contributed by atoms with Crippen LogP contribution in [0.2, 0.25) is 0 Å². The molecule has 2 aliphatic rings. The van der Waals surface area contributed by atoms with Gasteiger partial charge < -0.3 is 31.1 Å². The molecule has 2 saturated heterocycles. The fourth-order valence-corrected chi connectivity index (χ4v) is 3.85. The molecule has 4 atom stereocenters. The highest BCUT2D eigenvalue weighted by Crippen LogP contribution is 2.21. The van der Waals surface area contributed by atoms with Crippen LogP contribution in [0, 0.1) is 0 Å². The normalized spacial score (nSPS) is 23.5. The van der Waals surface area contributed by atoms with Gasteiger partial charge in [-0.3, -0.25) is 19.2 Å². The van der Waals surface area contributed by atoms with Gasteiger partial charge in [0.25, 0.3) is 0 Å². The second kappa shape index (κ2) is 9.68. The number of aliphatic carboxylic acids is 2. The van der Waals surface area contributed by atoms with E-state index in [1.54, 1.807) is 0 Å². The maximum atomic E-state index is 12.9. The highest BCUT2D eigenvalue weighted by atomic mass is 16.4. The predicted molar refractivity (Wildman–Crippen MR) is 99.6 cm³/mol. The number of rotatable bonds is 8. The Bertz CT molecular complexity index is 681. The summed E-state index contributed by atoms with van der Waals surface area (Å²) >= 11 is 0. The van der Waals surface area contributed by atoms with Gasteiger partial charge in [0.1, 0.15) is 18.1 Å². The van der Waals surface area contributed by atoms with E-state index in [4.69, 9.17) is 10.8 Å². The highest BCUT2D eigenvalue weighted by Gasteiger charge is 2.40. The summed E-state index contributed by atoms with van der Waals surface area (Å²) in [6.07, 6.45) is 1.30. The van der Waals surface area contributed by atoms with E-state index in [1.807, 2.05) is 0 Å². The van der Waals surface area contributed by atoms with Crippen molar-refractivity contribution >= 4 is 29.7 Å². The van der Waals surface area contributed by atoms with Crippen LogP contribution < -0.4 is 11.1 Å². The molecular formula is C18H28N4O7. The van der Waals surface area contributed by atoms with Gasteiger partial charge in [0.2, 0.25) is 17.7 Å². The van der Waals surface area contributed by atoms with Gasteiger partial charge in [-0.05, 0) is 39.0 Å². The molecule has 11 nitrogen and oxygen atoms in total. The minimum Gasteiger partial charge on any atom is -0.481 e. The van der Waals surface area contributed by atoms with Crippen LogP contribution in [0.5, 0.6) is 0 Å². The van der Waals surface area contributed by atoms with Gasteiger partial charge in [-0.15, -0.1) is 0 Å². The zero-order chi connectivity index (χ0) is 21.7. The number of carboxylic acid groups (broad SMARTS) is 2. The first-order valence-corrected chi connectivity index (χ1v) is 9.75. The summed E-state index contributed by atoms with van der Waals surface area (Å²) in [4.78, 5) is 62.8. The molecule has 2 aliphatic heterocycles. The van der Waals surface area contributed by atoms with E-state index in [9.17, 15) is 29.1 Å². The SMILES string of the molecule is CC(N)C(=O)N1CCCC1C(=O)NC(CCC(=O)O)C(=O)N1CCCC1C(=O)O. The molecule has 0 aromatic carbocycles. The summed E-state index contributed by atoms with van der Waals surface area (Å²) in [5, 5.41) is 20.8. The zero-order valence-corrected chi connectivity index (χ0v) is 16.4. The maximum Gasteiger partial charge on any atom is 0.326 e. The first-order valence-electron chi connectivity index (χ1n) is 9.75. The largest absolute Gasteiger partial charge is 0.481 e. The molecule has 2 fully saturated rings. The lowest BCUT2D eigenvalue weighted by Gasteiger charge is -2.30. The summed E-state index contributed by atoms with van der Waals surface area (Å²) in [5.74, 6) is -3.83. The van der Waals surface area contributed by atoms with E-state index in [-0.39, 0.29) is 25.3 Å². The van der Waals surface area contributed by atoms with Gasteiger partial charge in [0.15, 0.2) is 0 Å². The van der Waals surface area contributed by atoms with E-state index >= 15 is 0 Å². The van der Waals surface area contributed by atoms with Crippen LogP contribution >= 0.6 is 0 Å². The molecule has 0 aromatic rings. The van der Waals surface area contributed by atoms with Crippen molar-refractivity contribution in [1.29, 1.82) is 0 Å². The standard InChI is InChI=1S/C18H28N4O7/c1-10(19)16(26)21-8-2-4-12(21)15(25)20-11(6-7-14(23)24)17(27)22-9-3-5-13(22)18(28)29/h10-13H,2-9,19H2,1H3,(H,20,25)(H,23,24)(H,28,29). The quantitative estimate of drug-likeness (QED) is 0.383. The van der Waals surface area contributed by atoms with Crippen LogP contribution in [0.3, 0.4) is 0 Å². The summed E-state index contributed by atoms with van der Waals surface area (Å²) in [6, 6.07) is -3.72. The summed E-state index contributed by atoms with van der Waals surface area (Å²) in [5.41, 5.74) is 5.63. The lowest BCUT2D eigenvalue weighted by molar-refractivity contribution is -0.150. The number of nitrogens with one attached hydrogen (secondary N) is 1. The Balaban J connectivity index is 2.14. The maximum absolute atomic E-state index is 12.9. The average molecular weight is 412 g/mol. The van der Waals surface area contributed by atoms with Crippen molar-refractivity contribution in [2.24, 2.45) is 5.73 Å². The fraction of sp³-hybridized carbons (Fsp3) is 0.722. The molecule has 4 unspecified atom stereocenters. The molecule has 0 aromatic heterocycles. The molecule has 2 heterocycles. The molecule has 0 saturated carbocycles. The minimum atomic E-state index is -1.17. The number of carbonyl (C=O) groups is 5. The van der Waals surface area contributed by atoms with E-state index in [0.29, 0.717) is 32.2 Å². The molecule has 2 rings (SSSR count). The summed E-state index contributed by atoms with van der Waals surface area (Å²) < 4.78 is 0. The fourth-order valence-electron chi connectivity index (χ4n) is 3.85. The van der Waals surface area contributed by atoms with Crippen LogP contribution in [0.1, 0.15) is 45.4 Å². The number of carboxylic acids is 2. The Kier molecular flexibility index (Phi) is 7.54. The van der Waals surface area contributed by atoms with Gasteiger partial charge in [-0.2, -0.15) is 0 Å². The van der Waals surface area contributed by atoms with Crippen molar-refractivity contribution in [3.8, 4) is 0 Å². The first-order chi connectivity index (χ1) is 13.6. The van der Waals surface area contributed by atoms with Gasteiger partial charge in [0.05, 0.1) is 6.04 Å². The molecule has 0 bridgehead atoms. The third-order valence-corrected chi connectivity index (χ3v) is 5.31. The van der Waals surface area contributed by atoms with Gasteiger partial charge >= 0.3 is 11.9 Å². The van der Waals surface area contributed by atoms with E-state index in [2.05, 4.69) is 5.32 Å². The van der Waals surface area contributed by atoms with Crippen molar-refractivity contribution in [3.05, 3.63) is 0 Å². The van der Waals surface area contributed by atoms with Crippen molar-refractivity contribution in [2.75, 3.05) is 13.1 Å². The smallest absolute Gasteiger partial charge is 0.326 e. The summed E-state index contributed by atoms with van der Waals surface area (Å²) in [7, 11) is 0. The molecule has 0 spiro atoms. The Morgan fingerprint density at radius 3 is 2.07 bits per heavy atom. The second-order valence-electron chi connectivity index (χ2n) is 7.50. The second-order valence-corrected chi connectivity index (χ2v) is 7.50. The average Bonchev–Trinajstić information content (AvgIpc) is 3.32. The molecule has 5 N–H and O–H groups in total. The Hall–Kier alpha value is -2.69. The van der Waals surface area contributed by atoms with Crippen LogP contribution in [0.4, 0.5) is 0 Å². The van der Waals surface area contributed by atoms with Crippen LogP contribution in [-0.4, -0.2) is 86.9 Å². The summed E-state index contributed by atoms with van der Waals surface area (Å²) in [6.45, 7) is 2.13.